The zero-order valence-corrected chi connectivity index (χ0v) is 14.5. The third-order valence-corrected chi connectivity index (χ3v) is 4.79. The quantitative estimate of drug-likeness (QED) is 0.708. The molecule has 124 valence electrons. The topological polar surface area (TPSA) is 57.7 Å². The molecular formula is C19H16ClN5. The van der Waals surface area contributed by atoms with Gasteiger partial charge in [-0.1, -0.05) is 29.8 Å². The molecule has 0 saturated carbocycles. The first kappa shape index (κ1) is 15.7. The molecule has 0 radical (unpaired) electrons. The fraction of sp³-hybridized carbons (Fsp3) is 0.211. The van der Waals surface area contributed by atoms with Gasteiger partial charge in [-0.25, -0.2) is 9.97 Å². The van der Waals surface area contributed by atoms with Gasteiger partial charge in [0.2, 0.25) is 0 Å². The first-order chi connectivity index (χ1) is 12.2. The van der Waals surface area contributed by atoms with E-state index in [1.807, 2.05) is 31.5 Å². The van der Waals surface area contributed by atoms with E-state index in [1.54, 1.807) is 6.07 Å². The van der Waals surface area contributed by atoms with Crippen molar-refractivity contribution in [1.82, 2.24) is 14.5 Å². The molecule has 2 aromatic heterocycles. The van der Waals surface area contributed by atoms with Gasteiger partial charge >= 0.3 is 0 Å². The Morgan fingerprint density at radius 2 is 2.04 bits per heavy atom. The molecule has 0 fully saturated rings. The maximum Gasteiger partial charge on any atom is 0.148 e. The second-order valence-corrected chi connectivity index (χ2v) is 6.46. The number of para-hydroxylation sites is 1. The van der Waals surface area contributed by atoms with Gasteiger partial charge in [-0.3, -0.25) is 0 Å². The molecule has 0 amide bonds. The van der Waals surface area contributed by atoms with Crippen LogP contribution in [0.25, 0.3) is 5.69 Å². The third kappa shape index (κ3) is 2.75. The van der Waals surface area contributed by atoms with Crippen LogP contribution in [0, 0.1) is 18.3 Å². The fourth-order valence-electron chi connectivity index (χ4n) is 3.20. The van der Waals surface area contributed by atoms with Crippen LogP contribution in [0.2, 0.25) is 5.02 Å². The minimum absolute atomic E-state index is 0.507. The van der Waals surface area contributed by atoms with Gasteiger partial charge < -0.3 is 9.47 Å². The number of aromatic nitrogens is 3. The highest BCUT2D eigenvalue weighted by atomic mass is 35.5. The summed E-state index contributed by atoms with van der Waals surface area (Å²) in [6.45, 7) is 3.30. The molecule has 1 aromatic carbocycles. The Morgan fingerprint density at radius 1 is 1.24 bits per heavy atom. The highest BCUT2D eigenvalue weighted by Gasteiger charge is 2.24. The standard InChI is InChI=1S/C19H16ClN5/c1-13-14(10-21)9-16(20)19(23-13)24-8-7-18-17(11-24)22-12-25(18)15-5-3-2-4-6-15/h2-6,9,12H,7-8,11H2,1H3. The molecule has 3 heterocycles. The molecule has 1 aliphatic heterocycles. The molecule has 5 nitrogen and oxygen atoms in total. The van der Waals surface area contributed by atoms with Crippen LogP contribution in [-0.2, 0) is 13.0 Å². The summed E-state index contributed by atoms with van der Waals surface area (Å²) in [5.74, 6) is 0.720. The molecule has 0 spiro atoms. The first-order valence-corrected chi connectivity index (χ1v) is 8.48. The zero-order chi connectivity index (χ0) is 17.4. The van der Waals surface area contributed by atoms with Gasteiger partial charge in [-0.15, -0.1) is 0 Å². The van der Waals surface area contributed by atoms with E-state index >= 15 is 0 Å². The number of hydrogen-bond donors (Lipinski definition) is 0. The van der Waals surface area contributed by atoms with Crippen molar-refractivity contribution in [3.63, 3.8) is 0 Å². The molecule has 0 saturated heterocycles. The predicted molar refractivity (Wildman–Crippen MR) is 97.0 cm³/mol. The number of imidazole rings is 1. The number of halogens is 1. The van der Waals surface area contributed by atoms with Crippen LogP contribution in [-0.4, -0.2) is 21.1 Å². The summed E-state index contributed by atoms with van der Waals surface area (Å²) in [4.78, 5) is 11.3. The fourth-order valence-corrected chi connectivity index (χ4v) is 3.47. The molecule has 1 aliphatic rings. The maximum absolute atomic E-state index is 9.11. The van der Waals surface area contributed by atoms with Crippen molar-refractivity contribution >= 4 is 17.4 Å². The van der Waals surface area contributed by atoms with Crippen LogP contribution in [0.1, 0.15) is 22.6 Å². The molecule has 0 unspecified atom stereocenters. The maximum atomic E-state index is 9.11. The highest BCUT2D eigenvalue weighted by molar-refractivity contribution is 6.33. The zero-order valence-electron chi connectivity index (χ0n) is 13.8. The lowest BCUT2D eigenvalue weighted by molar-refractivity contribution is 0.689. The van der Waals surface area contributed by atoms with Gasteiger partial charge in [0.25, 0.3) is 0 Å². The summed E-state index contributed by atoms with van der Waals surface area (Å²) < 4.78 is 2.14. The van der Waals surface area contributed by atoms with Crippen molar-refractivity contribution < 1.29 is 0 Å². The largest absolute Gasteiger partial charge is 0.349 e. The van der Waals surface area contributed by atoms with E-state index in [-0.39, 0.29) is 0 Å². The van der Waals surface area contributed by atoms with Crippen LogP contribution in [0.4, 0.5) is 5.82 Å². The van der Waals surface area contributed by atoms with Gasteiger partial charge in [0.15, 0.2) is 0 Å². The van der Waals surface area contributed by atoms with Crippen LogP contribution in [0.5, 0.6) is 0 Å². The van der Waals surface area contributed by atoms with E-state index in [4.69, 9.17) is 16.9 Å². The third-order valence-electron chi connectivity index (χ3n) is 4.51. The van der Waals surface area contributed by atoms with Crippen molar-refractivity contribution in [2.45, 2.75) is 19.9 Å². The molecular weight excluding hydrogens is 334 g/mol. The van der Waals surface area contributed by atoms with Crippen molar-refractivity contribution in [3.8, 4) is 11.8 Å². The van der Waals surface area contributed by atoms with Crippen molar-refractivity contribution in [2.75, 3.05) is 11.4 Å². The monoisotopic (exact) mass is 349 g/mol. The Hall–Kier alpha value is -2.84. The van der Waals surface area contributed by atoms with Crippen molar-refractivity contribution in [3.05, 3.63) is 70.4 Å². The number of benzene rings is 1. The van der Waals surface area contributed by atoms with Crippen molar-refractivity contribution in [2.24, 2.45) is 0 Å². The summed E-state index contributed by atoms with van der Waals surface area (Å²) in [6.07, 6.45) is 2.74. The van der Waals surface area contributed by atoms with Gasteiger partial charge in [0.1, 0.15) is 11.9 Å². The molecule has 0 atom stereocenters. The molecule has 0 bridgehead atoms. The number of nitriles is 1. The van der Waals surface area contributed by atoms with E-state index < -0.39 is 0 Å². The summed E-state index contributed by atoms with van der Waals surface area (Å²) >= 11 is 6.36. The van der Waals surface area contributed by atoms with Gasteiger partial charge in [-0.05, 0) is 25.1 Å². The molecule has 0 N–H and O–H groups in total. The molecule has 6 heteroatoms. The second-order valence-electron chi connectivity index (χ2n) is 6.05. The number of rotatable bonds is 2. The summed E-state index contributed by atoms with van der Waals surface area (Å²) in [6, 6.07) is 14.0. The normalized spacial score (nSPS) is 13.4. The number of anilines is 1. The SMILES string of the molecule is Cc1nc(N2CCc3c(ncn3-c3ccccc3)C2)c(Cl)cc1C#N. The van der Waals surface area contributed by atoms with E-state index in [0.29, 0.717) is 22.8 Å². The summed E-state index contributed by atoms with van der Waals surface area (Å²) in [5, 5.41) is 9.62. The molecule has 25 heavy (non-hydrogen) atoms. The average Bonchev–Trinajstić information content (AvgIpc) is 3.07. The lowest BCUT2D eigenvalue weighted by atomic mass is 10.1. The predicted octanol–water partition coefficient (Wildman–Crippen LogP) is 3.66. The smallest absolute Gasteiger partial charge is 0.148 e. The Morgan fingerprint density at radius 3 is 2.80 bits per heavy atom. The summed E-state index contributed by atoms with van der Waals surface area (Å²) in [7, 11) is 0. The van der Waals surface area contributed by atoms with E-state index in [9.17, 15) is 0 Å². The first-order valence-electron chi connectivity index (χ1n) is 8.10. The average molecular weight is 350 g/mol. The Bertz CT molecular complexity index is 971. The second kappa shape index (κ2) is 6.23. The van der Waals surface area contributed by atoms with E-state index in [1.165, 1.54) is 5.69 Å². The Labute approximate surface area is 151 Å². The van der Waals surface area contributed by atoms with Gasteiger partial charge in [0.05, 0.1) is 34.8 Å². The molecule has 4 rings (SSSR count). The van der Waals surface area contributed by atoms with Crippen LogP contribution < -0.4 is 4.90 Å². The lowest BCUT2D eigenvalue weighted by Gasteiger charge is -2.29. The van der Waals surface area contributed by atoms with E-state index in [0.717, 1.165) is 30.2 Å². The van der Waals surface area contributed by atoms with E-state index in [2.05, 4.69) is 37.6 Å². The lowest BCUT2D eigenvalue weighted by Crippen LogP contribution is -2.32. The van der Waals surface area contributed by atoms with Gasteiger partial charge in [-0.2, -0.15) is 5.26 Å². The number of hydrogen-bond acceptors (Lipinski definition) is 4. The highest BCUT2D eigenvalue weighted by Crippen LogP contribution is 2.30. The van der Waals surface area contributed by atoms with Crippen molar-refractivity contribution in [1.29, 1.82) is 5.26 Å². The Kier molecular flexibility index (Phi) is 3.90. The minimum atomic E-state index is 0.507. The number of fused-ring (bicyclic) bond motifs is 1. The van der Waals surface area contributed by atoms with Crippen LogP contribution >= 0.6 is 11.6 Å². The number of aryl methyl sites for hydroxylation is 1. The van der Waals surface area contributed by atoms with Crippen LogP contribution in [0.15, 0.2) is 42.7 Å². The number of nitrogens with zero attached hydrogens (tertiary/aromatic N) is 5. The van der Waals surface area contributed by atoms with Gasteiger partial charge in [0, 0.05) is 24.3 Å². The molecule has 3 aromatic rings. The summed E-state index contributed by atoms with van der Waals surface area (Å²) in [5.41, 5.74) is 4.59. The molecule has 0 aliphatic carbocycles. The minimum Gasteiger partial charge on any atom is -0.349 e. The van der Waals surface area contributed by atoms with Crippen LogP contribution in [0.3, 0.4) is 0 Å². The number of pyridine rings is 1. The Balaban J connectivity index is 1.66.